The maximum atomic E-state index is 11.7. The Bertz CT molecular complexity index is 490. The fourth-order valence-corrected chi connectivity index (χ4v) is 1.97. The molecule has 1 aliphatic heterocycles. The van der Waals surface area contributed by atoms with Crippen molar-refractivity contribution in [2.75, 3.05) is 33.4 Å². The molecule has 0 spiro atoms. The van der Waals surface area contributed by atoms with E-state index < -0.39 is 6.09 Å². The number of cyclic esters (lactones) is 1. The van der Waals surface area contributed by atoms with Gasteiger partial charge in [0.15, 0.2) is 0 Å². The number of methoxy groups -OCH3 is 1. The third kappa shape index (κ3) is 3.88. The molecule has 0 radical (unpaired) electrons. The lowest BCUT2D eigenvalue weighted by molar-refractivity contribution is -0.121. The molecule has 0 atom stereocenters. The van der Waals surface area contributed by atoms with E-state index in [1.165, 1.54) is 4.90 Å². The standard InChI is InChI=1S/C14H18N2O4/c1-19-12-4-2-3-11(9-12)5-6-15-13(17)10-16-7-8-20-14(16)18/h2-4,9H,5-8,10H2,1H3,(H,15,17). The maximum Gasteiger partial charge on any atom is 0.410 e. The van der Waals surface area contributed by atoms with Gasteiger partial charge in [-0.1, -0.05) is 12.1 Å². The van der Waals surface area contributed by atoms with E-state index in [1.54, 1.807) is 7.11 Å². The average Bonchev–Trinajstić information content (AvgIpc) is 2.84. The molecule has 1 aromatic carbocycles. The molecule has 20 heavy (non-hydrogen) atoms. The third-order valence-electron chi connectivity index (χ3n) is 3.05. The molecule has 2 amide bonds. The van der Waals surface area contributed by atoms with E-state index >= 15 is 0 Å². The summed E-state index contributed by atoms with van der Waals surface area (Å²) >= 11 is 0. The predicted octanol–water partition coefficient (Wildman–Crippen LogP) is 0.806. The number of ether oxygens (including phenoxy) is 2. The molecule has 6 nitrogen and oxygen atoms in total. The number of amides is 2. The first kappa shape index (κ1) is 14.2. The summed E-state index contributed by atoms with van der Waals surface area (Å²) in [5, 5.41) is 2.79. The molecular formula is C14H18N2O4. The molecule has 1 aromatic rings. The zero-order valence-corrected chi connectivity index (χ0v) is 11.4. The van der Waals surface area contributed by atoms with Crippen LogP contribution in [-0.2, 0) is 16.0 Å². The zero-order valence-electron chi connectivity index (χ0n) is 11.4. The zero-order chi connectivity index (χ0) is 14.4. The van der Waals surface area contributed by atoms with Crippen LogP contribution in [0, 0.1) is 0 Å². The molecule has 0 aliphatic carbocycles. The SMILES string of the molecule is COc1cccc(CCNC(=O)CN2CCOC2=O)c1. The van der Waals surface area contributed by atoms with Crippen molar-refractivity contribution in [1.29, 1.82) is 0 Å². The van der Waals surface area contributed by atoms with E-state index in [9.17, 15) is 9.59 Å². The normalized spacial score (nSPS) is 14.1. The number of nitrogens with one attached hydrogen (secondary N) is 1. The molecule has 1 N–H and O–H groups in total. The van der Waals surface area contributed by atoms with E-state index in [0.717, 1.165) is 11.3 Å². The highest BCUT2D eigenvalue weighted by molar-refractivity contribution is 5.82. The highest BCUT2D eigenvalue weighted by atomic mass is 16.6. The Balaban J connectivity index is 1.72. The van der Waals surface area contributed by atoms with Crippen LogP contribution in [0.4, 0.5) is 4.79 Å². The molecule has 0 aromatic heterocycles. The van der Waals surface area contributed by atoms with Gasteiger partial charge in [-0.05, 0) is 24.1 Å². The predicted molar refractivity (Wildman–Crippen MR) is 72.6 cm³/mol. The molecule has 0 saturated carbocycles. The van der Waals surface area contributed by atoms with Crippen LogP contribution < -0.4 is 10.1 Å². The summed E-state index contributed by atoms with van der Waals surface area (Å²) in [5.74, 6) is 0.625. The summed E-state index contributed by atoms with van der Waals surface area (Å²) in [6.45, 7) is 1.41. The van der Waals surface area contributed by atoms with Gasteiger partial charge in [0, 0.05) is 6.54 Å². The number of carbonyl (C=O) groups is 2. The quantitative estimate of drug-likeness (QED) is 0.836. The number of hydrogen-bond donors (Lipinski definition) is 1. The van der Waals surface area contributed by atoms with Crippen LogP contribution in [0.25, 0.3) is 0 Å². The maximum absolute atomic E-state index is 11.7. The summed E-state index contributed by atoms with van der Waals surface area (Å²) < 4.78 is 9.90. The lowest BCUT2D eigenvalue weighted by atomic mass is 10.1. The number of rotatable bonds is 6. The Labute approximate surface area is 117 Å². The first-order valence-corrected chi connectivity index (χ1v) is 6.50. The van der Waals surface area contributed by atoms with Gasteiger partial charge in [-0.2, -0.15) is 0 Å². The van der Waals surface area contributed by atoms with Crippen molar-refractivity contribution in [2.45, 2.75) is 6.42 Å². The Morgan fingerprint density at radius 1 is 1.50 bits per heavy atom. The molecular weight excluding hydrogens is 260 g/mol. The largest absolute Gasteiger partial charge is 0.497 e. The minimum atomic E-state index is -0.423. The van der Waals surface area contributed by atoms with Crippen molar-refractivity contribution in [3.05, 3.63) is 29.8 Å². The van der Waals surface area contributed by atoms with Crippen molar-refractivity contribution in [3.8, 4) is 5.75 Å². The number of benzene rings is 1. The molecule has 108 valence electrons. The second kappa shape index (κ2) is 6.79. The van der Waals surface area contributed by atoms with Crippen molar-refractivity contribution >= 4 is 12.0 Å². The summed E-state index contributed by atoms with van der Waals surface area (Å²) in [6.07, 6.45) is 0.292. The van der Waals surface area contributed by atoms with Gasteiger partial charge in [-0.15, -0.1) is 0 Å². The minimum absolute atomic E-state index is 0.0525. The van der Waals surface area contributed by atoms with Gasteiger partial charge in [0.25, 0.3) is 0 Å². The van der Waals surface area contributed by atoms with E-state index in [-0.39, 0.29) is 12.5 Å². The molecule has 6 heteroatoms. The molecule has 1 fully saturated rings. The van der Waals surface area contributed by atoms with Crippen LogP contribution in [0.3, 0.4) is 0 Å². The molecule has 0 bridgehead atoms. The fourth-order valence-electron chi connectivity index (χ4n) is 1.97. The first-order chi connectivity index (χ1) is 9.69. The lowest BCUT2D eigenvalue weighted by Crippen LogP contribution is -2.38. The van der Waals surface area contributed by atoms with Gasteiger partial charge in [-0.3, -0.25) is 9.69 Å². The van der Waals surface area contributed by atoms with Crippen molar-refractivity contribution < 1.29 is 19.1 Å². The topological polar surface area (TPSA) is 67.9 Å². The fraction of sp³-hybridized carbons (Fsp3) is 0.429. The van der Waals surface area contributed by atoms with Crippen LogP contribution >= 0.6 is 0 Å². The second-order valence-corrected chi connectivity index (χ2v) is 4.49. The second-order valence-electron chi connectivity index (χ2n) is 4.49. The Morgan fingerprint density at radius 2 is 2.35 bits per heavy atom. The summed E-state index contributed by atoms with van der Waals surface area (Å²) in [5.41, 5.74) is 1.09. The van der Waals surface area contributed by atoms with Gasteiger partial charge >= 0.3 is 6.09 Å². The van der Waals surface area contributed by atoms with Gasteiger partial charge in [0.2, 0.25) is 5.91 Å². The van der Waals surface area contributed by atoms with Crippen LogP contribution in [0.1, 0.15) is 5.56 Å². The molecule has 2 rings (SSSR count). The van der Waals surface area contributed by atoms with E-state index in [1.807, 2.05) is 24.3 Å². The highest BCUT2D eigenvalue weighted by Crippen LogP contribution is 2.12. The Kier molecular flexibility index (Phi) is 4.81. The highest BCUT2D eigenvalue weighted by Gasteiger charge is 2.23. The van der Waals surface area contributed by atoms with Crippen LogP contribution in [-0.4, -0.2) is 50.3 Å². The Hall–Kier alpha value is -2.24. The van der Waals surface area contributed by atoms with E-state index in [2.05, 4.69) is 5.32 Å². The Morgan fingerprint density at radius 3 is 3.05 bits per heavy atom. The molecule has 1 heterocycles. The third-order valence-corrected chi connectivity index (χ3v) is 3.05. The van der Waals surface area contributed by atoms with Crippen LogP contribution in [0.2, 0.25) is 0 Å². The van der Waals surface area contributed by atoms with E-state index in [4.69, 9.17) is 9.47 Å². The van der Waals surface area contributed by atoms with Gasteiger partial charge in [0.05, 0.1) is 13.7 Å². The summed E-state index contributed by atoms with van der Waals surface area (Å²) in [6, 6.07) is 7.70. The van der Waals surface area contributed by atoms with Gasteiger partial charge < -0.3 is 14.8 Å². The van der Waals surface area contributed by atoms with Crippen LogP contribution in [0.5, 0.6) is 5.75 Å². The first-order valence-electron chi connectivity index (χ1n) is 6.50. The number of carbonyl (C=O) groups excluding carboxylic acids is 2. The number of hydrogen-bond acceptors (Lipinski definition) is 4. The monoisotopic (exact) mass is 278 g/mol. The van der Waals surface area contributed by atoms with E-state index in [0.29, 0.717) is 26.1 Å². The summed E-state index contributed by atoms with van der Waals surface area (Å²) in [4.78, 5) is 24.2. The molecule has 1 aliphatic rings. The van der Waals surface area contributed by atoms with Crippen molar-refractivity contribution in [2.24, 2.45) is 0 Å². The smallest absolute Gasteiger partial charge is 0.410 e. The lowest BCUT2D eigenvalue weighted by Gasteiger charge is -2.12. The van der Waals surface area contributed by atoms with Gasteiger partial charge in [-0.25, -0.2) is 4.79 Å². The van der Waals surface area contributed by atoms with Crippen LogP contribution in [0.15, 0.2) is 24.3 Å². The molecule has 1 saturated heterocycles. The van der Waals surface area contributed by atoms with Crippen molar-refractivity contribution in [3.63, 3.8) is 0 Å². The van der Waals surface area contributed by atoms with Crippen molar-refractivity contribution in [1.82, 2.24) is 10.2 Å². The minimum Gasteiger partial charge on any atom is -0.497 e. The average molecular weight is 278 g/mol. The summed E-state index contributed by atoms with van der Waals surface area (Å²) in [7, 11) is 1.62. The number of nitrogens with zero attached hydrogens (tertiary/aromatic N) is 1. The van der Waals surface area contributed by atoms with Gasteiger partial charge in [0.1, 0.15) is 18.9 Å². The molecule has 0 unspecified atom stereocenters.